The van der Waals surface area contributed by atoms with Crippen molar-refractivity contribution < 1.29 is 35.1 Å². The van der Waals surface area contributed by atoms with Crippen LogP contribution in [0.1, 0.15) is 33.6 Å². The van der Waals surface area contributed by atoms with Gasteiger partial charge in [-0.15, -0.1) is 0 Å². The Bertz CT molecular complexity index is 421. The summed E-state index contributed by atoms with van der Waals surface area (Å²) < 4.78 is 106. The lowest BCUT2D eigenvalue weighted by molar-refractivity contribution is -0.344. The molecule has 2 saturated carbocycles. The maximum absolute atomic E-state index is 14.3. The Balaban J connectivity index is 2.36. The van der Waals surface area contributed by atoms with Gasteiger partial charge in [0.15, 0.2) is 5.41 Å². The summed E-state index contributed by atoms with van der Waals surface area (Å²) in [5, 5.41) is 0. The van der Waals surface area contributed by atoms with E-state index in [1.165, 1.54) is 0 Å². The quantitative estimate of drug-likeness (QED) is 0.568. The van der Waals surface area contributed by atoms with Crippen molar-refractivity contribution >= 4 is 0 Å². The fourth-order valence-electron chi connectivity index (χ4n) is 4.20. The molecule has 0 saturated heterocycles. The van der Waals surface area contributed by atoms with Gasteiger partial charge in [-0.2, -0.15) is 26.3 Å². The average molecular weight is 338 g/mol. The van der Waals surface area contributed by atoms with E-state index in [2.05, 4.69) is 0 Å². The molecule has 0 radical (unpaired) electrons. The number of alkyl halides is 8. The molecule has 0 N–H and O–H groups in total. The van der Waals surface area contributed by atoms with Gasteiger partial charge in [0.1, 0.15) is 0 Å². The third kappa shape index (κ3) is 2.23. The molecule has 130 valence electrons. The SMILES string of the molecule is CC1C(C)C2CC1C(CC(C)(C(F)(F)F)C(F)(F)F)C2(F)F. The summed E-state index contributed by atoms with van der Waals surface area (Å²) in [5.74, 6) is -7.95. The molecule has 5 unspecified atom stereocenters. The predicted octanol–water partition coefficient (Wildman–Crippen LogP) is 5.68. The van der Waals surface area contributed by atoms with E-state index >= 15 is 0 Å². The zero-order valence-corrected chi connectivity index (χ0v) is 12.3. The van der Waals surface area contributed by atoms with Gasteiger partial charge in [0.25, 0.3) is 5.92 Å². The molecule has 0 aromatic heterocycles. The van der Waals surface area contributed by atoms with E-state index in [1.54, 1.807) is 13.8 Å². The van der Waals surface area contributed by atoms with Crippen molar-refractivity contribution in [3.8, 4) is 0 Å². The van der Waals surface area contributed by atoms with E-state index < -0.39 is 47.9 Å². The van der Waals surface area contributed by atoms with Gasteiger partial charge in [-0.1, -0.05) is 13.8 Å². The van der Waals surface area contributed by atoms with Gasteiger partial charge in [-0.05, 0) is 37.5 Å². The number of halogens is 8. The molecule has 2 aliphatic carbocycles. The summed E-state index contributed by atoms with van der Waals surface area (Å²) in [4.78, 5) is 0. The highest BCUT2D eigenvalue weighted by molar-refractivity contribution is 5.09. The molecule has 22 heavy (non-hydrogen) atoms. The van der Waals surface area contributed by atoms with Crippen LogP contribution in [0.2, 0.25) is 0 Å². The molecule has 0 aliphatic heterocycles. The van der Waals surface area contributed by atoms with E-state index in [-0.39, 0.29) is 25.2 Å². The molecule has 0 heterocycles. The maximum atomic E-state index is 14.3. The minimum absolute atomic E-state index is 0.00575. The van der Waals surface area contributed by atoms with Gasteiger partial charge < -0.3 is 0 Å². The molecule has 5 atom stereocenters. The van der Waals surface area contributed by atoms with Crippen LogP contribution in [-0.2, 0) is 0 Å². The third-order valence-corrected chi connectivity index (χ3v) is 6.05. The summed E-state index contributed by atoms with van der Waals surface area (Å²) in [7, 11) is 0. The highest BCUT2D eigenvalue weighted by Gasteiger charge is 2.73. The Morgan fingerprint density at radius 3 is 1.73 bits per heavy atom. The van der Waals surface area contributed by atoms with Crippen molar-refractivity contribution in [1.29, 1.82) is 0 Å². The fourth-order valence-corrected chi connectivity index (χ4v) is 4.20. The van der Waals surface area contributed by atoms with Crippen molar-refractivity contribution in [3.05, 3.63) is 0 Å². The Morgan fingerprint density at radius 1 is 0.909 bits per heavy atom. The standard InChI is InChI=1S/C14H18F8/c1-6-7(2)9-4-8(6)10(12(9,15)16)5-11(3,13(17,18)19)14(20,21)22/h6-10H,4-5H2,1-3H3. The molecule has 2 rings (SSSR count). The zero-order valence-electron chi connectivity index (χ0n) is 12.3. The first kappa shape index (κ1) is 17.8. The van der Waals surface area contributed by atoms with E-state index in [4.69, 9.17) is 0 Å². The average Bonchev–Trinajstić information content (AvgIpc) is 2.73. The largest absolute Gasteiger partial charge is 0.402 e. The molecule has 0 aromatic rings. The van der Waals surface area contributed by atoms with Crippen LogP contribution in [0.4, 0.5) is 35.1 Å². The fraction of sp³-hybridized carbons (Fsp3) is 1.00. The van der Waals surface area contributed by atoms with Gasteiger partial charge in [0, 0.05) is 11.8 Å². The van der Waals surface area contributed by atoms with Gasteiger partial charge in [0.05, 0.1) is 0 Å². The Hall–Kier alpha value is -0.560. The van der Waals surface area contributed by atoms with Crippen LogP contribution in [0, 0.1) is 35.0 Å². The molecule has 2 aliphatic rings. The second-order valence-electron chi connectivity index (χ2n) is 7.04. The molecule has 0 spiro atoms. The van der Waals surface area contributed by atoms with E-state index in [9.17, 15) is 35.1 Å². The second-order valence-corrected chi connectivity index (χ2v) is 7.04. The van der Waals surface area contributed by atoms with Gasteiger partial charge >= 0.3 is 12.4 Å². The van der Waals surface area contributed by atoms with Crippen molar-refractivity contribution in [2.75, 3.05) is 0 Å². The number of hydrogen-bond acceptors (Lipinski definition) is 0. The summed E-state index contributed by atoms with van der Waals surface area (Å²) in [6, 6.07) is 0. The van der Waals surface area contributed by atoms with Crippen LogP contribution in [0.15, 0.2) is 0 Å². The summed E-state index contributed by atoms with van der Waals surface area (Å²) >= 11 is 0. The van der Waals surface area contributed by atoms with Gasteiger partial charge in [-0.25, -0.2) is 8.78 Å². The molecule has 0 aromatic carbocycles. The van der Waals surface area contributed by atoms with Crippen molar-refractivity contribution in [3.63, 3.8) is 0 Å². The van der Waals surface area contributed by atoms with Crippen molar-refractivity contribution in [2.24, 2.45) is 35.0 Å². The Morgan fingerprint density at radius 2 is 1.36 bits per heavy atom. The molecular formula is C14H18F8. The molecule has 2 bridgehead atoms. The summed E-state index contributed by atoms with van der Waals surface area (Å²) in [5.41, 5.74) is -4.11. The molecule has 8 heteroatoms. The first-order valence-corrected chi connectivity index (χ1v) is 7.16. The smallest absolute Gasteiger partial charge is 0.206 e. The van der Waals surface area contributed by atoms with Crippen molar-refractivity contribution in [2.45, 2.75) is 51.9 Å². The third-order valence-electron chi connectivity index (χ3n) is 6.05. The Labute approximate surface area is 123 Å². The number of hydrogen-bond donors (Lipinski definition) is 0. The monoisotopic (exact) mass is 338 g/mol. The summed E-state index contributed by atoms with van der Waals surface area (Å²) in [6.07, 6.45) is -12.8. The molecule has 0 amide bonds. The van der Waals surface area contributed by atoms with E-state index in [0.29, 0.717) is 0 Å². The molecule has 2 fully saturated rings. The molecular weight excluding hydrogens is 320 g/mol. The zero-order chi connectivity index (χ0) is 17.3. The van der Waals surface area contributed by atoms with Gasteiger partial charge in [-0.3, -0.25) is 0 Å². The highest BCUT2D eigenvalue weighted by Crippen LogP contribution is 2.66. The maximum Gasteiger partial charge on any atom is 0.402 e. The lowest BCUT2D eigenvalue weighted by Gasteiger charge is -2.43. The van der Waals surface area contributed by atoms with E-state index in [1.807, 2.05) is 0 Å². The first-order chi connectivity index (χ1) is 9.64. The van der Waals surface area contributed by atoms with Crippen LogP contribution in [-0.4, -0.2) is 18.3 Å². The normalized spacial score (nSPS) is 38.6. The van der Waals surface area contributed by atoms with Crippen LogP contribution in [0.3, 0.4) is 0 Å². The highest BCUT2D eigenvalue weighted by atomic mass is 19.4. The second kappa shape index (κ2) is 4.72. The lowest BCUT2D eigenvalue weighted by atomic mass is 9.67. The van der Waals surface area contributed by atoms with E-state index in [0.717, 1.165) is 0 Å². The van der Waals surface area contributed by atoms with Crippen molar-refractivity contribution in [1.82, 2.24) is 0 Å². The minimum Gasteiger partial charge on any atom is -0.206 e. The number of rotatable bonds is 2. The van der Waals surface area contributed by atoms with Crippen LogP contribution < -0.4 is 0 Å². The minimum atomic E-state index is -5.61. The van der Waals surface area contributed by atoms with Gasteiger partial charge in [0.2, 0.25) is 0 Å². The molecule has 0 nitrogen and oxygen atoms in total. The Kier molecular flexibility index (Phi) is 3.82. The first-order valence-electron chi connectivity index (χ1n) is 7.16. The lowest BCUT2D eigenvalue weighted by Crippen LogP contribution is -2.52. The summed E-state index contributed by atoms with van der Waals surface area (Å²) in [6.45, 7) is 3.21. The van der Waals surface area contributed by atoms with Crippen LogP contribution >= 0.6 is 0 Å². The van der Waals surface area contributed by atoms with Crippen LogP contribution in [0.5, 0.6) is 0 Å². The van der Waals surface area contributed by atoms with Crippen LogP contribution in [0.25, 0.3) is 0 Å². The number of fused-ring (bicyclic) bond motifs is 2. The topological polar surface area (TPSA) is 0 Å². The predicted molar refractivity (Wildman–Crippen MR) is 63.2 cm³/mol.